The zero-order chi connectivity index (χ0) is 14.0. The van der Waals surface area contributed by atoms with E-state index >= 15 is 0 Å². The minimum absolute atomic E-state index is 0.125. The summed E-state index contributed by atoms with van der Waals surface area (Å²) in [7, 11) is 0. The van der Waals surface area contributed by atoms with Crippen LogP contribution in [-0.2, 0) is 10.2 Å². The molecule has 2 atom stereocenters. The molecule has 1 aromatic carbocycles. The second kappa shape index (κ2) is 5.29. The molecule has 1 aliphatic carbocycles. The Morgan fingerprint density at radius 3 is 2.37 bits per heavy atom. The predicted octanol–water partition coefficient (Wildman–Crippen LogP) is 1.91. The molecule has 0 unspecified atom stereocenters. The van der Waals surface area contributed by atoms with Gasteiger partial charge in [-0.1, -0.05) is 12.1 Å². The van der Waals surface area contributed by atoms with Crippen molar-refractivity contribution >= 4 is 5.91 Å². The van der Waals surface area contributed by atoms with Crippen LogP contribution in [0.5, 0.6) is 0 Å². The van der Waals surface area contributed by atoms with Crippen molar-refractivity contribution in [2.75, 3.05) is 19.6 Å². The van der Waals surface area contributed by atoms with Gasteiger partial charge in [-0.15, -0.1) is 0 Å². The first-order valence-electron chi connectivity index (χ1n) is 6.85. The van der Waals surface area contributed by atoms with Crippen molar-refractivity contribution in [2.45, 2.75) is 25.7 Å². The summed E-state index contributed by atoms with van der Waals surface area (Å²) >= 11 is 0. The van der Waals surface area contributed by atoms with E-state index in [1.165, 1.54) is 12.1 Å². The molecule has 2 N–H and O–H groups in total. The lowest BCUT2D eigenvalue weighted by molar-refractivity contribution is -0.134. The quantitative estimate of drug-likeness (QED) is 0.883. The molecular weight excluding hydrogens is 243 g/mol. The van der Waals surface area contributed by atoms with Gasteiger partial charge >= 0.3 is 0 Å². The number of halogens is 1. The zero-order valence-electron chi connectivity index (χ0n) is 11.5. The summed E-state index contributed by atoms with van der Waals surface area (Å²) in [5.41, 5.74) is 6.12. The lowest BCUT2D eigenvalue weighted by Crippen LogP contribution is -2.40. The first-order chi connectivity index (χ1) is 9.09. The Kier molecular flexibility index (Phi) is 3.90. The Hall–Kier alpha value is -1.42. The molecule has 1 saturated carbocycles. The first-order valence-corrected chi connectivity index (χ1v) is 6.85. The largest absolute Gasteiger partial charge is 0.342 e. The molecule has 1 aliphatic rings. The van der Waals surface area contributed by atoms with Crippen molar-refractivity contribution in [2.24, 2.45) is 11.7 Å². The Balaban J connectivity index is 2.34. The van der Waals surface area contributed by atoms with E-state index in [0.29, 0.717) is 19.6 Å². The molecule has 19 heavy (non-hydrogen) atoms. The van der Waals surface area contributed by atoms with Crippen LogP contribution in [0.25, 0.3) is 0 Å². The van der Waals surface area contributed by atoms with Crippen molar-refractivity contribution in [1.29, 1.82) is 0 Å². The summed E-state index contributed by atoms with van der Waals surface area (Å²) in [6.45, 7) is 5.81. The highest BCUT2D eigenvalue weighted by Crippen LogP contribution is 2.54. The highest BCUT2D eigenvalue weighted by molar-refractivity contribution is 5.92. The molecule has 0 bridgehead atoms. The lowest BCUT2D eigenvalue weighted by atomic mass is 9.91. The second-order valence-corrected chi connectivity index (χ2v) is 5.09. The van der Waals surface area contributed by atoms with E-state index in [4.69, 9.17) is 5.73 Å². The van der Waals surface area contributed by atoms with Gasteiger partial charge in [0.15, 0.2) is 0 Å². The molecule has 0 aromatic heterocycles. The number of nitrogens with two attached hydrogens (primary N) is 1. The van der Waals surface area contributed by atoms with Crippen LogP contribution < -0.4 is 5.73 Å². The molecule has 2 rings (SSSR count). The van der Waals surface area contributed by atoms with Crippen molar-refractivity contribution in [3.8, 4) is 0 Å². The summed E-state index contributed by atoms with van der Waals surface area (Å²) in [4.78, 5) is 14.6. The highest BCUT2D eigenvalue weighted by atomic mass is 19.1. The molecule has 3 nitrogen and oxygen atoms in total. The van der Waals surface area contributed by atoms with Crippen molar-refractivity contribution in [3.05, 3.63) is 35.6 Å². The second-order valence-electron chi connectivity index (χ2n) is 5.09. The van der Waals surface area contributed by atoms with E-state index < -0.39 is 5.41 Å². The minimum Gasteiger partial charge on any atom is -0.342 e. The highest BCUT2D eigenvalue weighted by Gasteiger charge is 2.61. The molecule has 4 heteroatoms. The number of nitrogens with zero attached hydrogens (tertiary/aromatic N) is 1. The Morgan fingerprint density at radius 2 is 1.95 bits per heavy atom. The predicted molar refractivity (Wildman–Crippen MR) is 73.2 cm³/mol. The minimum atomic E-state index is -0.519. The van der Waals surface area contributed by atoms with E-state index in [-0.39, 0.29) is 17.6 Å². The van der Waals surface area contributed by atoms with E-state index in [0.717, 1.165) is 12.0 Å². The van der Waals surface area contributed by atoms with Crippen LogP contribution in [-0.4, -0.2) is 30.4 Å². The molecule has 0 spiro atoms. The molecule has 1 amide bonds. The van der Waals surface area contributed by atoms with Crippen molar-refractivity contribution < 1.29 is 9.18 Å². The van der Waals surface area contributed by atoms with Gasteiger partial charge < -0.3 is 10.6 Å². The number of benzene rings is 1. The van der Waals surface area contributed by atoms with Gasteiger partial charge in [0.2, 0.25) is 5.91 Å². The van der Waals surface area contributed by atoms with Gasteiger partial charge in [-0.25, -0.2) is 4.39 Å². The Morgan fingerprint density at radius 1 is 1.37 bits per heavy atom. The monoisotopic (exact) mass is 264 g/mol. The van der Waals surface area contributed by atoms with E-state index in [1.807, 2.05) is 18.7 Å². The third kappa shape index (κ3) is 2.25. The number of carbonyl (C=O) groups excluding carboxylic acids is 1. The lowest BCUT2D eigenvalue weighted by Gasteiger charge is -2.26. The molecule has 0 saturated heterocycles. The number of rotatable bonds is 5. The maximum absolute atomic E-state index is 13.0. The van der Waals surface area contributed by atoms with E-state index in [2.05, 4.69) is 0 Å². The van der Waals surface area contributed by atoms with Crippen molar-refractivity contribution in [3.63, 3.8) is 0 Å². The molecular formula is C15H21FN2O. The van der Waals surface area contributed by atoms with Crippen LogP contribution in [0.4, 0.5) is 4.39 Å². The number of likely N-dealkylation sites (N-methyl/N-ethyl adjacent to an activating group) is 1. The maximum Gasteiger partial charge on any atom is 0.233 e. The molecule has 1 fully saturated rings. The zero-order valence-corrected chi connectivity index (χ0v) is 11.5. The van der Waals surface area contributed by atoms with Gasteiger partial charge in [-0.2, -0.15) is 0 Å². The fourth-order valence-electron chi connectivity index (χ4n) is 2.89. The van der Waals surface area contributed by atoms with Crippen LogP contribution in [0.15, 0.2) is 24.3 Å². The Labute approximate surface area is 113 Å². The normalized spacial score (nSPS) is 25.2. The average Bonchev–Trinajstić information content (AvgIpc) is 3.16. The average molecular weight is 264 g/mol. The van der Waals surface area contributed by atoms with Gasteiger partial charge in [0.05, 0.1) is 5.41 Å². The molecule has 1 aromatic rings. The smallest absolute Gasteiger partial charge is 0.233 e. The summed E-state index contributed by atoms with van der Waals surface area (Å²) in [5.74, 6) is 0.0183. The van der Waals surface area contributed by atoms with Crippen LogP contribution in [0.2, 0.25) is 0 Å². The first kappa shape index (κ1) is 14.0. The van der Waals surface area contributed by atoms with Gasteiger partial charge in [-0.3, -0.25) is 4.79 Å². The number of amides is 1. The number of carbonyl (C=O) groups is 1. The standard InChI is InChI=1S/C15H21FN2O/c1-3-18(4-2)14(19)15(9-12(15)10-17)11-5-7-13(16)8-6-11/h5-8,12H,3-4,9-10,17H2,1-2H3/t12-,15+/m0/s1. The summed E-state index contributed by atoms with van der Waals surface area (Å²) < 4.78 is 13.0. The number of hydrogen-bond donors (Lipinski definition) is 1. The topological polar surface area (TPSA) is 46.3 Å². The third-order valence-electron chi connectivity index (χ3n) is 4.18. The maximum atomic E-state index is 13.0. The van der Waals surface area contributed by atoms with Crippen molar-refractivity contribution in [1.82, 2.24) is 4.90 Å². The van der Waals surface area contributed by atoms with Crippen LogP contribution in [0.1, 0.15) is 25.8 Å². The fourth-order valence-corrected chi connectivity index (χ4v) is 2.89. The van der Waals surface area contributed by atoms with Crippen LogP contribution in [0.3, 0.4) is 0 Å². The third-order valence-corrected chi connectivity index (χ3v) is 4.18. The van der Waals surface area contributed by atoms with E-state index in [1.54, 1.807) is 12.1 Å². The number of hydrogen-bond acceptors (Lipinski definition) is 2. The van der Waals surface area contributed by atoms with Gasteiger partial charge in [0, 0.05) is 13.1 Å². The van der Waals surface area contributed by atoms with E-state index in [9.17, 15) is 9.18 Å². The summed E-state index contributed by atoms with van der Waals surface area (Å²) in [6.07, 6.45) is 0.768. The Bertz CT molecular complexity index is 456. The molecule has 0 aliphatic heterocycles. The summed E-state index contributed by atoms with van der Waals surface area (Å²) in [6, 6.07) is 6.26. The van der Waals surface area contributed by atoms with Gasteiger partial charge in [0.25, 0.3) is 0 Å². The molecule has 104 valence electrons. The fraction of sp³-hybridized carbons (Fsp3) is 0.533. The SMILES string of the molecule is CCN(CC)C(=O)[C@@]1(c2ccc(F)cc2)C[C@H]1CN. The summed E-state index contributed by atoms with van der Waals surface area (Å²) in [5, 5.41) is 0. The molecule has 0 heterocycles. The van der Waals surface area contributed by atoms with Crippen LogP contribution >= 0.6 is 0 Å². The van der Waals surface area contributed by atoms with Crippen LogP contribution in [0, 0.1) is 11.7 Å². The van der Waals surface area contributed by atoms with Gasteiger partial charge in [0.1, 0.15) is 5.82 Å². The molecule has 0 radical (unpaired) electrons. The van der Waals surface area contributed by atoms with Gasteiger partial charge in [-0.05, 0) is 50.4 Å².